The topological polar surface area (TPSA) is 32.8 Å². The van der Waals surface area contributed by atoms with Crippen LogP contribution in [0.5, 0.6) is 0 Å². The Morgan fingerprint density at radius 3 is 2.45 bits per heavy atom. The molecule has 0 aromatic heterocycles. The fraction of sp³-hybridized carbons (Fsp3) is 0.562. The molecule has 0 saturated carbocycles. The van der Waals surface area contributed by atoms with Crippen molar-refractivity contribution in [2.45, 2.75) is 32.9 Å². The van der Waals surface area contributed by atoms with E-state index in [2.05, 4.69) is 0 Å². The smallest absolute Gasteiger partial charge is 0.410 e. The summed E-state index contributed by atoms with van der Waals surface area (Å²) in [6.07, 6.45) is -0.814. The maximum Gasteiger partial charge on any atom is 0.410 e. The quantitative estimate of drug-likeness (QED) is 0.832. The molecule has 0 aliphatic rings. The van der Waals surface area contributed by atoms with Crippen molar-refractivity contribution in [2.24, 2.45) is 0 Å². The normalized spacial score (nSPS) is 14.3. The average Bonchev–Trinajstić information content (AvgIpc) is 2.36. The van der Waals surface area contributed by atoms with Crippen LogP contribution >= 0.6 is 0 Å². The van der Waals surface area contributed by atoms with Crippen LogP contribution in [0.2, 0.25) is 0 Å². The average molecular weight is 281 g/mol. The molecule has 0 aliphatic heterocycles. The molecule has 4 heteroatoms. The lowest BCUT2D eigenvalue weighted by atomic mass is 10.2. The number of ether oxygens (including phenoxy) is 1. The van der Waals surface area contributed by atoms with Gasteiger partial charge in [-0.3, -0.25) is 0 Å². The zero-order valence-electron chi connectivity index (χ0n) is 15.7. The Balaban J connectivity index is 2.62. The largest absolute Gasteiger partial charge is 0.444 e. The third kappa shape index (κ3) is 6.57. The number of benzene rings is 1. The summed E-state index contributed by atoms with van der Waals surface area (Å²) in [4.78, 5) is 14.9. The van der Waals surface area contributed by atoms with Crippen LogP contribution in [0.25, 0.3) is 0 Å². The van der Waals surface area contributed by atoms with Gasteiger partial charge in [0.1, 0.15) is 5.60 Å². The van der Waals surface area contributed by atoms with Gasteiger partial charge in [-0.15, -0.1) is 0 Å². The standard InChI is InChI=1S/C16H26N2O2/c1-16(2,3)20-15(19)18(5)12-11-17(4)13-14-9-7-6-8-10-14/h6-10H,11-13H2,1-5H3/i5D3. The molecule has 0 radical (unpaired) electrons. The fourth-order valence-corrected chi connectivity index (χ4v) is 1.65. The molecule has 0 atom stereocenters. The zero-order valence-corrected chi connectivity index (χ0v) is 12.7. The van der Waals surface area contributed by atoms with Gasteiger partial charge in [0.2, 0.25) is 0 Å². The highest BCUT2D eigenvalue weighted by molar-refractivity contribution is 5.67. The number of carbonyl (C=O) groups excluding carboxylic acids is 1. The molecule has 1 aromatic rings. The molecule has 0 aliphatic carbocycles. The van der Waals surface area contributed by atoms with E-state index in [9.17, 15) is 4.79 Å². The summed E-state index contributed by atoms with van der Waals surface area (Å²) in [5, 5.41) is 0. The summed E-state index contributed by atoms with van der Waals surface area (Å²) in [5.74, 6) is 0. The lowest BCUT2D eigenvalue weighted by molar-refractivity contribution is 0.0286. The molecule has 1 rings (SSSR count). The van der Waals surface area contributed by atoms with Crippen molar-refractivity contribution in [3.63, 3.8) is 0 Å². The van der Waals surface area contributed by atoms with Crippen molar-refractivity contribution in [3.8, 4) is 0 Å². The number of carbonyl (C=O) groups is 1. The molecule has 0 saturated heterocycles. The van der Waals surface area contributed by atoms with Gasteiger partial charge in [0.15, 0.2) is 0 Å². The summed E-state index contributed by atoms with van der Waals surface area (Å²) in [5.41, 5.74) is 0.406. The van der Waals surface area contributed by atoms with E-state index in [1.165, 1.54) is 0 Å². The SMILES string of the molecule is [2H]C([2H])([2H])N(CCN(C)Cc1ccccc1)C(=O)OC(C)(C)C. The second kappa shape index (κ2) is 7.29. The summed E-state index contributed by atoms with van der Waals surface area (Å²) >= 11 is 0. The summed E-state index contributed by atoms with van der Waals surface area (Å²) < 4.78 is 27.8. The van der Waals surface area contributed by atoms with E-state index in [0.29, 0.717) is 13.1 Å². The van der Waals surface area contributed by atoms with Gasteiger partial charge in [0.05, 0.1) is 0 Å². The first-order chi connectivity index (χ1) is 10.5. The number of nitrogens with zero attached hydrogens (tertiary/aromatic N) is 2. The number of rotatable bonds is 5. The Hall–Kier alpha value is -1.55. The summed E-state index contributed by atoms with van der Waals surface area (Å²) in [6, 6.07) is 9.87. The van der Waals surface area contributed by atoms with Gasteiger partial charge in [-0.2, -0.15) is 0 Å². The highest BCUT2D eigenvalue weighted by Gasteiger charge is 2.19. The van der Waals surface area contributed by atoms with Crippen LogP contribution in [0.15, 0.2) is 30.3 Å². The van der Waals surface area contributed by atoms with E-state index in [1.54, 1.807) is 20.8 Å². The van der Waals surface area contributed by atoms with Crippen LogP contribution in [-0.2, 0) is 11.3 Å². The molecule has 112 valence electrons. The Morgan fingerprint density at radius 1 is 1.25 bits per heavy atom. The number of likely N-dealkylation sites (N-methyl/N-ethyl adjacent to an activating group) is 2. The summed E-state index contributed by atoms with van der Waals surface area (Å²) in [6.45, 7) is 3.82. The molecule has 0 heterocycles. The molecule has 0 spiro atoms. The first-order valence-corrected chi connectivity index (χ1v) is 6.72. The zero-order chi connectivity index (χ0) is 17.7. The van der Waals surface area contributed by atoms with E-state index in [4.69, 9.17) is 8.85 Å². The van der Waals surface area contributed by atoms with Crippen molar-refractivity contribution >= 4 is 6.09 Å². The highest BCUT2D eigenvalue weighted by Crippen LogP contribution is 2.09. The number of amides is 1. The number of hydrogen-bond acceptors (Lipinski definition) is 3. The monoisotopic (exact) mass is 281 g/mol. The van der Waals surface area contributed by atoms with Gasteiger partial charge < -0.3 is 14.5 Å². The van der Waals surface area contributed by atoms with Crippen LogP contribution < -0.4 is 0 Å². The summed E-state index contributed by atoms with van der Waals surface area (Å²) in [7, 11) is 1.89. The molecule has 4 nitrogen and oxygen atoms in total. The maximum absolute atomic E-state index is 12.1. The van der Waals surface area contributed by atoms with Crippen molar-refractivity contribution in [2.75, 3.05) is 27.1 Å². The van der Waals surface area contributed by atoms with E-state index in [1.807, 2.05) is 42.3 Å². The van der Waals surface area contributed by atoms with Gasteiger partial charge in [-0.05, 0) is 33.4 Å². The van der Waals surface area contributed by atoms with Crippen molar-refractivity contribution in [1.29, 1.82) is 0 Å². The van der Waals surface area contributed by atoms with Crippen LogP contribution in [0.4, 0.5) is 4.79 Å². The molecule has 0 fully saturated rings. The Kier molecular flexibility index (Phi) is 4.45. The van der Waals surface area contributed by atoms with Crippen molar-refractivity contribution in [3.05, 3.63) is 35.9 Å². The van der Waals surface area contributed by atoms with Crippen molar-refractivity contribution in [1.82, 2.24) is 9.80 Å². The van der Waals surface area contributed by atoms with E-state index < -0.39 is 18.7 Å². The second-order valence-electron chi connectivity index (χ2n) is 5.86. The van der Waals surface area contributed by atoms with E-state index in [-0.39, 0.29) is 6.54 Å². The van der Waals surface area contributed by atoms with Gasteiger partial charge in [0.25, 0.3) is 0 Å². The predicted octanol–water partition coefficient (Wildman–Crippen LogP) is 2.99. The third-order valence-electron chi connectivity index (χ3n) is 2.61. The molecule has 20 heavy (non-hydrogen) atoms. The molecule has 0 N–H and O–H groups in total. The van der Waals surface area contributed by atoms with Crippen LogP contribution in [0.1, 0.15) is 30.4 Å². The maximum atomic E-state index is 12.1. The predicted molar refractivity (Wildman–Crippen MR) is 81.6 cm³/mol. The third-order valence-corrected chi connectivity index (χ3v) is 2.61. The highest BCUT2D eigenvalue weighted by atomic mass is 16.6. The first-order valence-electron chi connectivity index (χ1n) is 8.22. The molecule has 0 bridgehead atoms. The fourth-order valence-electron chi connectivity index (χ4n) is 1.65. The molecular weight excluding hydrogens is 252 g/mol. The number of hydrogen-bond donors (Lipinski definition) is 0. The van der Waals surface area contributed by atoms with Crippen LogP contribution in [0, 0.1) is 0 Å². The lowest BCUT2D eigenvalue weighted by Gasteiger charge is -2.26. The minimum atomic E-state index is -2.52. The van der Waals surface area contributed by atoms with Gasteiger partial charge in [0, 0.05) is 30.7 Å². The van der Waals surface area contributed by atoms with E-state index in [0.717, 1.165) is 10.5 Å². The minimum Gasteiger partial charge on any atom is -0.444 e. The molecular formula is C16H26N2O2. The Bertz CT molecular complexity index is 498. The van der Waals surface area contributed by atoms with Crippen LogP contribution in [0.3, 0.4) is 0 Å². The Labute approximate surface area is 126 Å². The molecule has 0 unspecified atom stereocenters. The Morgan fingerprint density at radius 2 is 1.90 bits per heavy atom. The molecule has 1 amide bonds. The van der Waals surface area contributed by atoms with Crippen LogP contribution in [-0.4, -0.2) is 48.6 Å². The minimum absolute atomic E-state index is 0.0781. The van der Waals surface area contributed by atoms with Gasteiger partial charge in [-0.1, -0.05) is 30.3 Å². The first kappa shape index (κ1) is 12.2. The van der Waals surface area contributed by atoms with Crippen molar-refractivity contribution < 1.29 is 13.6 Å². The second-order valence-corrected chi connectivity index (χ2v) is 5.86. The molecule has 1 aromatic carbocycles. The lowest BCUT2D eigenvalue weighted by Crippen LogP contribution is -2.38. The van der Waals surface area contributed by atoms with Gasteiger partial charge >= 0.3 is 6.09 Å². The van der Waals surface area contributed by atoms with E-state index >= 15 is 0 Å². The van der Waals surface area contributed by atoms with Gasteiger partial charge in [-0.25, -0.2) is 4.79 Å².